The number of aromatic nitrogens is 1. The van der Waals surface area contributed by atoms with Gasteiger partial charge < -0.3 is 4.98 Å². The van der Waals surface area contributed by atoms with Crippen molar-refractivity contribution < 1.29 is 13.3 Å². The lowest BCUT2D eigenvalue weighted by molar-refractivity contribution is -0.0258. The number of sulfonamides is 1. The van der Waals surface area contributed by atoms with E-state index in [2.05, 4.69) is 9.82 Å². The summed E-state index contributed by atoms with van der Waals surface area (Å²) < 4.78 is 23.8. The average Bonchev–Trinajstić information content (AvgIpc) is 2.17. The van der Waals surface area contributed by atoms with Crippen LogP contribution in [0.3, 0.4) is 0 Å². The fourth-order valence-corrected chi connectivity index (χ4v) is 1.74. The number of nitrogens with zero attached hydrogens (tertiary/aromatic N) is 1. The van der Waals surface area contributed by atoms with Crippen molar-refractivity contribution in [3.63, 3.8) is 0 Å². The van der Waals surface area contributed by atoms with Crippen molar-refractivity contribution in [3.05, 3.63) is 28.7 Å². The number of nitrogens with one attached hydrogen (secondary N) is 1. The third-order valence-electron chi connectivity index (χ3n) is 1.65. The van der Waals surface area contributed by atoms with Crippen LogP contribution < -0.4 is 5.56 Å². The smallest absolute Gasteiger partial charge is 0.266 e. The summed E-state index contributed by atoms with van der Waals surface area (Å²) in [7, 11) is -1.16. The molecule has 78 valence electrons. The Labute approximate surface area is 81.1 Å². The molecule has 0 saturated heterocycles. The molecular weight excluding hydrogens is 208 g/mol. The Morgan fingerprint density at radius 2 is 2.07 bits per heavy atom. The van der Waals surface area contributed by atoms with E-state index in [4.69, 9.17) is 0 Å². The van der Waals surface area contributed by atoms with Crippen molar-refractivity contribution in [2.24, 2.45) is 0 Å². The van der Waals surface area contributed by atoms with Gasteiger partial charge in [-0.05, 0) is 6.07 Å². The second kappa shape index (κ2) is 3.91. The van der Waals surface area contributed by atoms with Gasteiger partial charge >= 0.3 is 0 Å². The molecular formula is C7H10N2O4S. The van der Waals surface area contributed by atoms with E-state index in [0.717, 1.165) is 12.3 Å². The van der Waals surface area contributed by atoms with Crippen molar-refractivity contribution in [1.82, 2.24) is 9.45 Å². The van der Waals surface area contributed by atoms with Crippen LogP contribution >= 0.6 is 0 Å². The molecule has 0 amide bonds. The molecule has 14 heavy (non-hydrogen) atoms. The van der Waals surface area contributed by atoms with Gasteiger partial charge in [-0.1, -0.05) is 4.47 Å². The number of hydrogen-bond donors (Lipinski definition) is 1. The topological polar surface area (TPSA) is 79.5 Å². The van der Waals surface area contributed by atoms with Gasteiger partial charge in [0.25, 0.3) is 10.0 Å². The van der Waals surface area contributed by atoms with Gasteiger partial charge in [0.15, 0.2) is 0 Å². The first-order chi connectivity index (χ1) is 6.48. The zero-order valence-corrected chi connectivity index (χ0v) is 8.54. The highest BCUT2D eigenvalue weighted by molar-refractivity contribution is 7.89. The van der Waals surface area contributed by atoms with Crippen molar-refractivity contribution in [2.75, 3.05) is 14.2 Å². The molecule has 0 aliphatic rings. The van der Waals surface area contributed by atoms with Crippen LogP contribution in [-0.2, 0) is 14.9 Å². The molecule has 1 aromatic heterocycles. The summed E-state index contributed by atoms with van der Waals surface area (Å²) in [6.07, 6.45) is 1.12. The number of H-pyrrole nitrogens is 1. The van der Waals surface area contributed by atoms with Gasteiger partial charge in [-0.25, -0.2) is 8.42 Å². The van der Waals surface area contributed by atoms with Gasteiger partial charge in [0.05, 0.1) is 7.11 Å². The van der Waals surface area contributed by atoms with E-state index < -0.39 is 10.0 Å². The van der Waals surface area contributed by atoms with Crippen LogP contribution in [0.25, 0.3) is 0 Å². The molecule has 6 nitrogen and oxygen atoms in total. The molecule has 0 fully saturated rings. The molecule has 0 saturated carbocycles. The molecule has 1 rings (SSSR count). The number of aromatic amines is 1. The van der Waals surface area contributed by atoms with Gasteiger partial charge in [0.2, 0.25) is 5.56 Å². The number of hydrogen-bond acceptors (Lipinski definition) is 4. The summed E-state index contributed by atoms with van der Waals surface area (Å²) in [5.41, 5.74) is -0.357. The van der Waals surface area contributed by atoms with Crippen LogP contribution in [0.4, 0.5) is 0 Å². The zero-order valence-electron chi connectivity index (χ0n) is 7.72. The molecule has 7 heteroatoms. The van der Waals surface area contributed by atoms with Crippen LogP contribution in [0.15, 0.2) is 28.0 Å². The lowest BCUT2D eigenvalue weighted by Crippen LogP contribution is -2.26. The summed E-state index contributed by atoms with van der Waals surface area (Å²) in [4.78, 5) is 17.5. The molecule has 1 heterocycles. The third-order valence-corrected chi connectivity index (χ3v) is 3.32. The van der Waals surface area contributed by atoms with Gasteiger partial charge in [-0.2, -0.15) is 0 Å². The maximum absolute atomic E-state index is 11.6. The van der Waals surface area contributed by atoms with Crippen molar-refractivity contribution in [3.8, 4) is 0 Å². The Morgan fingerprint density at radius 1 is 1.43 bits per heavy atom. The van der Waals surface area contributed by atoms with E-state index in [0.29, 0.717) is 4.47 Å². The number of pyridine rings is 1. The molecule has 1 aromatic rings. The normalized spacial score (nSPS) is 11.9. The molecule has 0 aliphatic carbocycles. The van der Waals surface area contributed by atoms with Gasteiger partial charge in [0.1, 0.15) is 4.90 Å². The zero-order chi connectivity index (χ0) is 10.8. The molecule has 1 N–H and O–H groups in total. The predicted molar refractivity (Wildman–Crippen MR) is 49.0 cm³/mol. The van der Waals surface area contributed by atoms with Crippen LogP contribution in [0, 0.1) is 0 Å². The molecule has 0 atom stereocenters. The Kier molecular flexibility index (Phi) is 3.04. The van der Waals surface area contributed by atoms with E-state index >= 15 is 0 Å². The quantitative estimate of drug-likeness (QED) is 0.697. The first kappa shape index (κ1) is 10.9. The molecule has 0 aromatic carbocycles. The molecule has 0 unspecified atom stereocenters. The average molecular weight is 218 g/mol. The highest BCUT2D eigenvalue weighted by atomic mass is 32.2. The highest BCUT2D eigenvalue weighted by Gasteiger charge is 2.20. The monoisotopic (exact) mass is 218 g/mol. The molecule has 0 spiro atoms. The van der Waals surface area contributed by atoms with Crippen LogP contribution in [0.5, 0.6) is 0 Å². The molecule has 0 bridgehead atoms. The number of rotatable bonds is 3. The largest absolute Gasteiger partial charge is 0.328 e. The standard InChI is InChI=1S/C7H10N2O4S/c1-9(13-2)14(11,12)6-3-4-7(10)8-5-6/h3-5H,1-2H3,(H,8,10). The minimum Gasteiger partial charge on any atom is -0.328 e. The number of hydroxylamine groups is 1. The van der Waals surface area contributed by atoms with Gasteiger partial charge in [-0.3, -0.25) is 9.63 Å². The predicted octanol–water partition coefficient (Wildman–Crippen LogP) is -0.443. The van der Waals surface area contributed by atoms with E-state index in [-0.39, 0.29) is 10.5 Å². The maximum Gasteiger partial charge on any atom is 0.266 e. The summed E-state index contributed by atoms with van der Waals surface area (Å²) in [6.45, 7) is 0. The van der Waals surface area contributed by atoms with Crippen LogP contribution in [-0.4, -0.2) is 32.0 Å². The Hall–Kier alpha value is -1.18. The fourth-order valence-electron chi connectivity index (χ4n) is 0.803. The maximum atomic E-state index is 11.6. The second-order valence-electron chi connectivity index (χ2n) is 2.49. The minimum atomic E-state index is -3.66. The highest BCUT2D eigenvalue weighted by Crippen LogP contribution is 2.10. The van der Waals surface area contributed by atoms with E-state index in [1.54, 1.807) is 0 Å². The summed E-state index contributed by atoms with van der Waals surface area (Å²) in [5.74, 6) is 0. The fraction of sp³-hybridized carbons (Fsp3) is 0.286. The third kappa shape index (κ3) is 2.00. The second-order valence-corrected chi connectivity index (χ2v) is 4.42. The summed E-state index contributed by atoms with van der Waals surface area (Å²) >= 11 is 0. The van der Waals surface area contributed by atoms with Crippen molar-refractivity contribution >= 4 is 10.0 Å². The van der Waals surface area contributed by atoms with Crippen LogP contribution in [0.2, 0.25) is 0 Å². The Bertz CT molecular complexity index is 444. The first-order valence-electron chi connectivity index (χ1n) is 3.70. The molecule has 0 radical (unpaired) electrons. The minimum absolute atomic E-state index is 0.0264. The van der Waals surface area contributed by atoms with Gasteiger partial charge in [-0.15, -0.1) is 0 Å². The Morgan fingerprint density at radius 3 is 2.50 bits per heavy atom. The lowest BCUT2D eigenvalue weighted by Gasteiger charge is -2.13. The molecule has 0 aliphatic heterocycles. The van der Waals surface area contributed by atoms with Gasteiger partial charge in [0, 0.05) is 19.3 Å². The SMILES string of the molecule is CON(C)S(=O)(=O)c1ccc(=O)[nH]c1. The van der Waals surface area contributed by atoms with Crippen molar-refractivity contribution in [2.45, 2.75) is 4.90 Å². The Balaban J connectivity index is 3.17. The van der Waals surface area contributed by atoms with Crippen LogP contribution in [0.1, 0.15) is 0 Å². The van der Waals surface area contributed by atoms with Crippen molar-refractivity contribution in [1.29, 1.82) is 0 Å². The first-order valence-corrected chi connectivity index (χ1v) is 5.14. The summed E-state index contributed by atoms with van der Waals surface area (Å²) in [6, 6.07) is 2.35. The lowest BCUT2D eigenvalue weighted by atomic mass is 10.5. The van der Waals surface area contributed by atoms with E-state index in [1.807, 2.05) is 0 Å². The van der Waals surface area contributed by atoms with E-state index in [1.165, 1.54) is 20.2 Å². The van der Waals surface area contributed by atoms with E-state index in [9.17, 15) is 13.2 Å². The summed E-state index contributed by atoms with van der Waals surface area (Å²) in [5, 5.41) is 0.